The molecule has 156 valence electrons. The molecule has 2 N–H and O–H groups in total. The van der Waals surface area contributed by atoms with Gasteiger partial charge in [0.05, 0.1) is 17.8 Å². The van der Waals surface area contributed by atoms with E-state index >= 15 is 0 Å². The van der Waals surface area contributed by atoms with Crippen LogP contribution in [0.5, 0.6) is 0 Å². The van der Waals surface area contributed by atoms with E-state index in [0.29, 0.717) is 17.5 Å². The number of rotatable bonds is 4. The predicted octanol–water partition coefficient (Wildman–Crippen LogP) is 5.22. The highest BCUT2D eigenvalue weighted by Crippen LogP contribution is 2.49. The van der Waals surface area contributed by atoms with Crippen LogP contribution < -0.4 is 10.6 Å². The Morgan fingerprint density at radius 3 is 2.69 bits per heavy atom. The minimum absolute atomic E-state index is 0.0554. The highest BCUT2D eigenvalue weighted by molar-refractivity contribution is 5.58. The summed E-state index contributed by atoms with van der Waals surface area (Å²) in [6.07, 6.45) is 9.19. The molecule has 5 atom stereocenters. The van der Waals surface area contributed by atoms with Gasteiger partial charge >= 0.3 is 6.18 Å². The third kappa shape index (κ3) is 3.97. The number of hydrogen-bond acceptors (Lipinski definition) is 3. The lowest BCUT2D eigenvalue weighted by Gasteiger charge is -2.47. The number of fused-ring (bicyclic) bond motifs is 3. The molecule has 29 heavy (non-hydrogen) atoms. The van der Waals surface area contributed by atoms with Crippen LogP contribution in [0.1, 0.15) is 49.3 Å². The fraction of sp³-hybridized carbons (Fsp3) is 0.565. The molecule has 2 aliphatic heterocycles. The van der Waals surface area contributed by atoms with Gasteiger partial charge in [-0.2, -0.15) is 13.2 Å². The maximum absolute atomic E-state index is 13.4. The van der Waals surface area contributed by atoms with Crippen LogP contribution in [0.3, 0.4) is 0 Å². The van der Waals surface area contributed by atoms with Crippen LogP contribution >= 0.6 is 0 Å². The van der Waals surface area contributed by atoms with E-state index in [9.17, 15) is 13.2 Å². The lowest BCUT2D eigenvalue weighted by Crippen LogP contribution is -2.48. The molecule has 2 heterocycles. The Bertz CT molecular complexity index is 815. The van der Waals surface area contributed by atoms with E-state index in [1.54, 1.807) is 6.07 Å². The maximum atomic E-state index is 13.4. The van der Waals surface area contributed by atoms with Crippen molar-refractivity contribution in [3.8, 4) is 0 Å². The van der Waals surface area contributed by atoms with Gasteiger partial charge in [0.15, 0.2) is 0 Å². The monoisotopic (exact) mass is 404 g/mol. The van der Waals surface area contributed by atoms with E-state index in [4.69, 9.17) is 4.74 Å². The smallest absolute Gasteiger partial charge is 0.381 e. The Morgan fingerprint density at radius 1 is 1.10 bits per heavy atom. The lowest BCUT2D eigenvalue weighted by molar-refractivity contribution is -0.138. The molecular formula is C23H27F3N2O. The van der Waals surface area contributed by atoms with Gasteiger partial charge in [-0.05, 0) is 50.3 Å². The van der Waals surface area contributed by atoms with E-state index in [2.05, 4.69) is 34.9 Å². The van der Waals surface area contributed by atoms with Gasteiger partial charge in [-0.25, -0.2) is 0 Å². The number of nitrogens with one attached hydrogen (secondary N) is 2. The molecule has 1 saturated carbocycles. The summed E-state index contributed by atoms with van der Waals surface area (Å²) in [5, 5.41) is 7.09. The van der Waals surface area contributed by atoms with Crippen molar-refractivity contribution < 1.29 is 17.9 Å². The third-order valence-electron chi connectivity index (χ3n) is 6.71. The quantitative estimate of drug-likeness (QED) is 0.722. The van der Waals surface area contributed by atoms with Gasteiger partial charge in [-0.15, -0.1) is 0 Å². The topological polar surface area (TPSA) is 33.3 Å². The molecule has 2 fully saturated rings. The van der Waals surface area contributed by atoms with Crippen molar-refractivity contribution in [1.29, 1.82) is 0 Å². The van der Waals surface area contributed by atoms with Crippen LogP contribution in [0.2, 0.25) is 0 Å². The van der Waals surface area contributed by atoms with Crippen LogP contribution in [-0.2, 0) is 10.9 Å². The standard InChI is InChI=1S/C23H27F3N2O/c24-23(25,26)15-6-11-20-19(12-15)22-18(21(28-20)14-4-2-1-3-5-14)10-9-17(29-22)13-27-16-7-8-16/h1-4,6,11-12,14,16-18,21-22,27-28H,5,7-10,13H2/t14?,17-,18+,21+,22+/m1/s1. The second kappa shape index (κ2) is 7.47. The lowest BCUT2D eigenvalue weighted by atomic mass is 9.73. The average Bonchev–Trinajstić information content (AvgIpc) is 3.55. The van der Waals surface area contributed by atoms with E-state index in [1.165, 1.54) is 25.0 Å². The van der Waals surface area contributed by atoms with Gasteiger partial charge in [0.2, 0.25) is 0 Å². The Morgan fingerprint density at radius 2 is 1.97 bits per heavy atom. The summed E-state index contributed by atoms with van der Waals surface area (Å²) in [4.78, 5) is 0. The molecule has 0 aromatic heterocycles. The molecule has 5 rings (SSSR count). The van der Waals surface area contributed by atoms with Gasteiger partial charge in [0.1, 0.15) is 0 Å². The highest BCUT2D eigenvalue weighted by Gasteiger charge is 2.45. The van der Waals surface area contributed by atoms with Crippen LogP contribution in [0.4, 0.5) is 18.9 Å². The van der Waals surface area contributed by atoms with E-state index in [0.717, 1.165) is 31.5 Å². The summed E-state index contributed by atoms with van der Waals surface area (Å²) < 4.78 is 46.5. The molecule has 3 nitrogen and oxygen atoms in total. The van der Waals surface area contributed by atoms with Crippen molar-refractivity contribution >= 4 is 5.69 Å². The molecule has 1 aromatic rings. The fourth-order valence-electron chi connectivity index (χ4n) is 5.00. The number of anilines is 1. The average molecular weight is 404 g/mol. The Balaban J connectivity index is 1.44. The molecule has 1 unspecified atom stereocenters. The zero-order valence-corrected chi connectivity index (χ0v) is 16.3. The van der Waals surface area contributed by atoms with Crippen LogP contribution in [0.15, 0.2) is 42.5 Å². The molecule has 4 aliphatic rings. The first-order chi connectivity index (χ1) is 14.0. The summed E-state index contributed by atoms with van der Waals surface area (Å²) in [6, 6.07) is 4.82. The normalized spacial score (nSPS) is 33.7. The minimum Gasteiger partial charge on any atom is -0.381 e. The van der Waals surface area contributed by atoms with Gasteiger partial charge in [-0.1, -0.05) is 24.3 Å². The van der Waals surface area contributed by atoms with Crippen LogP contribution in [-0.4, -0.2) is 24.7 Å². The van der Waals surface area contributed by atoms with Crippen molar-refractivity contribution in [3.63, 3.8) is 0 Å². The maximum Gasteiger partial charge on any atom is 0.416 e. The van der Waals surface area contributed by atoms with Gasteiger partial charge in [0.25, 0.3) is 0 Å². The first-order valence-corrected chi connectivity index (χ1v) is 10.7. The molecule has 0 radical (unpaired) electrons. The summed E-state index contributed by atoms with van der Waals surface area (Å²) in [6.45, 7) is 0.784. The Kier molecular flexibility index (Phi) is 4.95. The van der Waals surface area contributed by atoms with Crippen molar-refractivity contribution in [3.05, 3.63) is 53.6 Å². The first-order valence-electron chi connectivity index (χ1n) is 10.7. The third-order valence-corrected chi connectivity index (χ3v) is 6.71. The summed E-state index contributed by atoms with van der Waals surface area (Å²) >= 11 is 0. The molecule has 1 saturated heterocycles. The molecule has 1 aromatic carbocycles. The van der Waals surface area contributed by atoms with Gasteiger partial charge < -0.3 is 15.4 Å². The first kappa shape index (κ1) is 19.2. The van der Waals surface area contributed by atoms with Gasteiger partial charge in [0, 0.05) is 41.7 Å². The Hall–Kier alpha value is -1.79. The summed E-state index contributed by atoms with van der Waals surface area (Å²) in [7, 11) is 0. The molecule has 6 heteroatoms. The highest BCUT2D eigenvalue weighted by atomic mass is 19.4. The number of hydrogen-bond donors (Lipinski definition) is 2. The van der Waals surface area contributed by atoms with E-state index in [-0.39, 0.29) is 24.2 Å². The second-order valence-corrected chi connectivity index (χ2v) is 8.78. The number of halogens is 3. The molecule has 2 aliphatic carbocycles. The molecule has 0 bridgehead atoms. The van der Waals surface area contributed by atoms with Crippen molar-refractivity contribution in [1.82, 2.24) is 5.32 Å². The van der Waals surface area contributed by atoms with Crippen LogP contribution in [0, 0.1) is 11.8 Å². The number of alkyl halides is 3. The van der Waals surface area contributed by atoms with E-state index in [1.807, 2.05) is 0 Å². The molecular weight excluding hydrogens is 377 g/mol. The minimum atomic E-state index is -4.35. The number of allylic oxidation sites excluding steroid dienone is 3. The molecule has 0 spiro atoms. The summed E-state index contributed by atoms with van der Waals surface area (Å²) in [5.41, 5.74) is 0.841. The number of benzene rings is 1. The summed E-state index contributed by atoms with van der Waals surface area (Å²) in [5.74, 6) is 0.497. The SMILES string of the molecule is FC(F)(F)c1ccc2c(c1)[C@H]1O[C@@H](CNC3CC3)CC[C@H]1[C@H](C1C=CC=CC1)N2. The van der Waals surface area contributed by atoms with Crippen molar-refractivity contribution in [2.45, 2.75) is 62.6 Å². The molecule has 0 amide bonds. The largest absolute Gasteiger partial charge is 0.416 e. The van der Waals surface area contributed by atoms with E-state index < -0.39 is 11.7 Å². The zero-order chi connectivity index (χ0) is 20.0. The zero-order valence-electron chi connectivity index (χ0n) is 16.3. The van der Waals surface area contributed by atoms with Crippen molar-refractivity contribution in [2.24, 2.45) is 11.8 Å². The van der Waals surface area contributed by atoms with Gasteiger partial charge in [-0.3, -0.25) is 0 Å². The fourth-order valence-corrected chi connectivity index (χ4v) is 5.00. The predicted molar refractivity (Wildman–Crippen MR) is 107 cm³/mol. The van der Waals surface area contributed by atoms with Crippen molar-refractivity contribution in [2.75, 3.05) is 11.9 Å². The second-order valence-electron chi connectivity index (χ2n) is 8.78. The Labute approximate surface area is 169 Å². The van der Waals surface area contributed by atoms with Crippen LogP contribution in [0.25, 0.3) is 0 Å². The number of ether oxygens (including phenoxy) is 1.